The van der Waals surface area contributed by atoms with E-state index in [-0.39, 0.29) is 23.9 Å². The summed E-state index contributed by atoms with van der Waals surface area (Å²) >= 11 is 0. The van der Waals surface area contributed by atoms with Gasteiger partial charge in [-0.15, -0.1) is 0 Å². The van der Waals surface area contributed by atoms with Crippen LogP contribution in [0.4, 0.5) is 14.4 Å². The van der Waals surface area contributed by atoms with Crippen molar-refractivity contribution in [1.82, 2.24) is 5.32 Å². The Kier molecular flexibility index (Phi) is 15.9. The van der Waals surface area contributed by atoms with Crippen LogP contribution in [0, 0.1) is 11.8 Å². The zero-order chi connectivity index (χ0) is 32.9. The van der Waals surface area contributed by atoms with Gasteiger partial charge in [0.1, 0.15) is 16.8 Å². The molecule has 5 N–H and O–H groups in total. The van der Waals surface area contributed by atoms with E-state index in [1.165, 1.54) is 0 Å². The largest absolute Gasteiger partial charge is 0.519 e. The number of amides is 1. The lowest BCUT2D eigenvalue weighted by atomic mass is 9.86. The summed E-state index contributed by atoms with van der Waals surface area (Å²) in [5, 5.41) is 20.2. The van der Waals surface area contributed by atoms with Crippen molar-refractivity contribution in [2.75, 3.05) is 0 Å². The molecule has 0 aromatic heterocycles. The highest BCUT2D eigenvalue weighted by Gasteiger charge is 2.28. The van der Waals surface area contributed by atoms with Crippen molar-refractivity contribution in [3.8, 4) is 0 Å². The molecule has 0 atom stereocenters. The fourth-order valence-electron chi connectivity index (χ4n) is 3.93. The van der Waals surface area contributed by atoms with Crippen LogP contribution in [0.15, 0.2) is 0 Å². The average molecular weight is 605 g/mol. The number of hydrogen-bond acceptors (Lipinski definition) is 10. The number of carboxylic acids is 2. The fraction of sp³-hybridized carbons (Fsp3) is 0.828. The van der Waals surface area contributed by atoms with E-state index in [0.29, 0.717) is 25.7 Å². The summed E-state index contributed by atoms with van der Waals surface area (Å²) in [5.74, 6) is -1.78. The molecule has 0 aliphatic heterocycles. The van der Waals surface area contributed by atoms with E-state index in [2.05, 4.69) is 10.1 Å². The number of ether oxygens (including phenoxy) is 4. The Bertz CT molecular complexity index is 859. The van der Waals surface area contributed by atoms with E-state index in [1.807, 2.05) is 20.8 Å². The van der Waals surface area contributed by atoms with E-state index in [9.17, 15) is 24.0 Å². The Morgan fingerprint density at radius 1 is 0.595 bits per heavy atom. The lowest BCUT2D eigenvalue weighted by Gasteiger charge is -2.28. The molecule has 0 aromatic rings. The normalized spacial score (nSPS) is 22.4. The first kappa shape index (κ1) is 38.9. The van der Waals surface area contributed by atoms with Gasteiger partial charge < -0.3 is 40.2 Å². The summed E-state index contributed by atoms with van der Waals surface area (Å²) in [4.78, 5) is 54.7. The molecule has 0 spiro atoms. The zero-order valence-corrected chi connectivity index (χ0v) is 26.6. The van der Waals surface area contributed by atoms with Gasteiger partial charge in [0.05, 0.1) is 11.8 Å². The van der Waals surface area contributed by atoms with E-state index in [4.69, 9.17) is 30.2 Å². The van der Waals surface area contributed by atoms with Crippen molar-refractivity contribution in [2.45, 2.75) is 143 Å². The molecule has 2 rings (SSSR count). The molecule has 1 amide bonds. The molecule has 2 aliphatic rings. The molecule has 244 valence electrons. The molecular formula is C29H52N2O11. The molecular weight excluding hydrogens is 552 g/mol. The smallest absolute Gasteiger partial charge is 0.481 e. The number of carbonyl (C=O) groups is 5. The summed E-state index contributed by atoms with van der Waals surface area (Å²) in [7, 11) is 0. The van der Waals surface area contributed by atoms with Gasteiger partial charge in [-0.1, -0.05) is 0 Å². The summed E-state index contributed by atoms with van der Waals surface area (Å²) < 4.78 is 19.0. The SMILES string of the molecule is CC(C)(C)OC(=O)NC1CCC(C(=O)O)CC1.CC(C)(C)OC(=O)OC(=O)OC(C)(C)C.NC1CCC(C(=O)O)CC1. The van der Waals surface area contributed by atoms with E-state index in [1.54, 1.807) is 41.5 Å². The highest BCUT2D eigenvalue weighted by molar-refractivity contribution is 5.77. The van der Waals surface area contributed by atoms with Crippen LogP contribution in [0.5, 0.6) is 0 Å². The van der Waals surface area contributed by atoms with E-state index >= 15 is 0 Å². The minimum atomic E-state index is -1.06. The molecule has 0 unspecified atom stereocenters. The number of carboxylic acid groups (broad SMARTS) is 2. The van der Waals surface area contributed by atoms with Crippen LogP contribution < -0.4 is 11.1 Å². The molecule has 0 radical (unpaired) electrons. The molecule has 2 fully saturated rings. The zero-order valence-electron chi connectivity index (χ0n) is 26.6. The van der Waals surface area contributed by atoms with Crippen LogP contribution in [0.1, 0.15) is 114 Å². The van der Waals surface area contributed by atoms with Crippen molar-refractivity contribution in [3.05, 3.63) is 0 Å². The standard InChI is InChI=1S/C12H21NO4.C10H18O5.C7H13NO2/c1-12(2,3)17-11(16)13-9-6-4-8(5-7-9)10(14)15;1-9(2,3)14-7(11)13-8(12)15-10(4,5)6;8-6-3-1-5(2-4-6)7(9)10/h8-9H,4-7H2,1-3H3,(H,13,16)(H,14,15);1-6H3;5-6H,1-4,8H2,(H,9,10). The van der Waals surface area contributed by atoms with E-state index < -0.39 is 47.1 Å². The average Bonchev–Trinajstić information content (AvgIpc) is 2.76. The maximum absolute atomic E-state index is 11.5. The third-order valence-corrected chi connectivity index (χ3v) is 5.86. The first-order valence-corrected chi connectivity index (χ1v) is 14.3. The number of nitrogens with two attached hydrogens (primary N) is 1. The molecule has 42 heavy (non-hydrogen) atoms. The Morgan fingerprint density at radius 3 is 1.24 bits per heavy atom. The highest BCUT2D eigenvalue weighted by Crippen LogP contribution is 2.25. The molecule has 0 bridgehead atoms. The predicted molar refractivity (Wildman–Crippen MR) is 154 cm³/mol. The van der Waals surface area contributed by atoms with Gasteiger partial charge in [-0.2, -0.15) is 0 Å². The number of aliphatic carboxylic acids is 2. The van der Waals surface area contributed by atoms with Crippen LogP contribution >= 0.6 is 0 Å². The van der Waals surface area contributed by atoms with Crippen LogP contribution in [0.3, 0.4) is 0 Å². The molecule has 13 heteroatoms. The maximum atomic E-state index is 11.5. The van der Waals surface area contributed by atoms with Crippen LogP contribution in [-0.4, -0.2) is 69.4 Å². The second-order valence-corrected chi connectivity index (χ2v) is 13.5. The third kappa shape index (κ3) is 20.7. The van der Waals surface area contributed by atoms with Crippen molar-refractivity contribution >= 4 is 30.3 Å². The monoisotopic (exact) mass is 604 g/mol. The van der Waals surface area contributed by atoms with Gasteiger partial charge in [0.15, 0.2) is 0 Å². The van der Waals surface area contributed by atoms with Gasteiger partial charge in [0.25, 0.3) is 0 Å². The Labute approximate surface area is 249 Å². The minimum absolute atomic E-state index is 0.0421. The van der Waals surface area contributed by atoms with Crippen LogP contribution in [0.25, 0.3) is 0 Å². The van der Waals surface area contributed by atoms with Gasteiger partial charge >= 0.3 is 30.3 Å². The minimum Gasteiger partial charge on any atom is -0.481 e. The highest BCUT2D eigenvalue weighted by atomic mass is 16.8. The summed E-state index contributed by atoms with van der Waals surface area (Å²) in [6.07, 6.45) is 3.38. The molecule has 13 nitrogen and oxygen atoms in total. The number of rotatable bonds is 3. The lowest BCUT2D eigenvalue weighted by Crippen LogP contribution is -2.41. The van der Waals surface area contributed by atoms with Crippen molar-refractivity contribution in [1.29, 1.82) is 0 Å². The van der Waals surface area contributed by atoms with Crippen molar-refractivity contribution in [3.63, 3.8) is 0 Å². The number of hydrogen-bond donors (Lipinski definition) is 4. The van der Waals surface area contributed by atoms with Crippen molar-refractivity contribution in [2.24, 2.45) is 17.6 Å². The predicted octanol–water partition coefficient (Wildman–Crippen LogP) is 5.62. The fourth-order valence-corrected chi connectivity index (χ4v) is 3.93. The van der Waals surface area contributed by atoms with E-state index in [0.717, 1.165) is 25.7 Å². The number of carbonyl (C=O) groups excluding carboxylic acids is 3. The number of nitrogens with one attached hydrogen (secondary N) is 1. The van der Waals surface area contributed by atoms with Gasteiger partial charge in [-0.25, -0.2) is 14.4 Å². The van der Waals surface area contributed by atoms with Crippen LogP contribution in [0.2, 0.25) is 0 Å². The third-order valence-electron chi connectivity index (χ3n) is 5.86. The molecule has 0 aromatic carbocycles. The summed E-state index contributed by atoms with van der Waals surface area (Å²) in [6.45, 7) is 15.5. The topological polar surface area (TPSA) is 201 Å². The molecule has 0 saturated heterocycles. The Hall–Kier alpha value is -3.09. The first-order valence-electron chi connectivity index (χ1n) is 14.3. The Morgan fingerprint density at radius 2 is 0.929 bits per heavy atom. The lowest BCUT2D eigenvalue weighted by molar-refractivity contribution is -0.143. The second-order valence-electron chi connectivity index (χ2n) is 13.5. The Balaban J connectivity index is 0.000000620. The molecule has 2 aliphatic carbocycles. The van der Waals surface area contributed by atoms with Crippen LogP contribution in [-0.2, 0) is 28.5 Å². The van der Waals surface area contributed by atoms with Gasteiger partial charge in [0, 0.05) is 12.1 Å². The summed E-state index contributed by atoms with van der Waals surface area (Å²) in [5.41, 5.74) is 3.72. The second kappa shape index (κ2) is 17.1. The number of alkyl carbamates (subject to hydrolysis) is 1. The quantitative estimate of drug-likeness (QED) is 0.176. The first-order chi connectivity index (χ1) is 19.0. The van der Waals surface area contributed by atoms with Gasteiger partial charge in [-0.3, -0.25) is 9.59 Å². The molecule has 0 heterocycles. The van der Waals surface area contributed by atoms with Crippen molar-refractivity contribution < 1.29 is 53.1 Å². The molecule has 2 saturated carbocycles. The summed E-state index contributed by atoms with van der Waals surface area (Å²) in [6, 6.07) is 0.288. The maximum Gasteiger partial charge on any atom is 0.519 e. The van der Waals surface area contributed by atoms with Gasteiger partial charge in [-0.05, 0) is 114 Å². The van der Waals surface area contributed by atoms with Gasteiger partial charge in [0.2, 0.25) is 0 Å².